The van der Waals surface area contributed by atoms with Crippen LogP contribution in [0.2, 0.25) is 0 Å². The van der Waals surface area contributed by atoms with E-state index in [9.17, 15) is 95.8 Å². The van der Waals surface area contributed by atoms with Crippen LogP contribution in [0, 0.1) is 0 Å². The van der Waals surface area contributed by atoms with Gasteiger partial charge in [0.25, 0.3) is 36.3 Å². The third-order valence-corrected chi connectivity index (χ3v) is 21.9. The third-order valence-electron chi connectivity index (χ3n) is 18.6. The summed E-state index contributed by atoms with van der Waals surface area (Å²) in [5.41, 5.74) is 4.06. The predicted molar refractivity (Wildman–Crippen MR) is 389 cm³/mol. The molecule has 4 aromatic rings. The normalized spacial score (nSPS) is 17.5. The molecule has 0 saturated carbocycles. The number of unbranched alkanes of at least 4 members (excludes halogenated alkanes) is 2. The summed E-state index contributed by atoms with van der Waals surface area (Å²) in [5, 5.41) is 39.4. The van der Waals surface area contributed by atoms with Crippen molar-refractivity contribution in [2.24, 2.45) is 0 Å². The molecule has 5 amide bonds. The van der Waals surface area contributed by atoms with Gasteiger partial charge in [0.2, 0.25) is 29.3 Å². The molecule has 0 unspecified atom stereocenters. The number of benzene rings is 3. The number of amides is 5. The summed E-state index contributed by atoms with van der Waals surface area (Å²) in [7, 11) is -19.8. The summed E-state index contributed by atoms with van der Waals surface area (Å²) in [6.45, 7) is 7.33. The minimum absolute atomic E-state index is 0.0237. The number of aliphatic carboxylic acids is 1. The van der Waals surface area contributed by atoms with Crippen molar-refractivity contribution < 1.29 is 115 Å². The number of carbonyl (C=O) groups is 6. The lowest BCUT2D eigenvalue weighted by Crippen LogP contribution is -2.48. The maximum atomic E-state index is 13.1. The highest BCUT2D eigenvalue weighted by Gasteiger charge is 2.46. The van der Waals surface area contributed by atoms with E-state index in [1.165, 1.54) is 47.5 Å². The van der Waals surface area contributed by atoms with Crippen molar-refractivity contribution in [2.45, 2.75) is 144 Å². The number of rotatable bonds is 38. The zero-order valence-electron chi connectivity index (χ0n) is 59.5. The van der Waals surface area contributed by atoms with Gasteiger partial charge in [-0.05, 0) is 154 Å². The molecule has 0 bridgehead atoms. The van der Waals surface area contributed by atoms with E-state index >= 15 is 0 Å². The molecular weight excluding hydrogens is 1480 g/mol. The van der Waals surface area contributed by atoms with Crippen LogP contribution < -0.4 is 30.9 Å². The number of hydrogen-bond donors (Lipinski definition) is 10. The summed E-state index contributed by atoms with van der Waals surface area (Å²) in [5.74, 6) is -5.16. The molecule has 8 rings (SSSR count). The van der Waals surface area contributed by atoms with Gasteiger partial charge in [0, 0.05) is 90.8 Å². The second-order valence-electron chi connectivity index (χ2n) is 27.1. The van der Waals surface area contributed by atoms with Gasteiger partial charge in [-0.3, -0.25) is 42.6 Å². The Morgan fingerprint density at radius 1 is 0.720 bits per heavy atom. The Balaban J connectivity index is 0.891. The molecule has 32 nitrogen and oxygen atoms in total. The summed E-state index contributed by atoms with van der Waals surface area (Å²) < 4.78 is 157. The van der Waals surface area contributed by atoms with Gasteiger partial charge < -0.3 is 65.0 Å². The Morgan fingerprint density at radius 3 is 2.04 bits per heavy atom. The van der Waals surface area contributed by atoms with Crippen LogP contribution in [0.3, 0.4) is 0 Å². The lowest BCUT2D eigenvalue weighted by atomic mass is 9.78. The van der Waals surface area contributed by atoms with Crippen molar-refractivity contribution in [1.82, 2.24) is 31.2 Å². The number of carboxylic acids is 1. The van der Waals surface area contributed by atoms with E-state index in [2.05, 4.69) is 26.3 Å². The molecule has 3 aromatic carbocycles. The lowest BCUT2D eigenvalue weighted by Gasteiger charge is -2.28. The second-order valence-corrected chi connectivity index (χ2v) is 33.0. The zero-order valence-corrected chi connectivity index (χ0v) is 62.7. The van der Waals surface area contributed by atoms with Crippen LogP contribution in [0.4, 0.5) is 11.4 Å². The largest absolute Gasteiger partial charge is 0.748 e. The van der Waals surface area contributed by atoms with E-state index in [1.807, 2.05) is 61.5 Å². The number of carbonyl (C=O) groups excluding carboxylic acids is 5. The Morgan fingerprint density at radius 2 is 1.38 bits per heavy atom. The van der Waals surface area contributed by atoms with Crippen LogP contribution in [0.1, 0.15) is 131 Å². The number of anilines is 1. The average Bonchev–Trinajstić information content (AvgIpc) is 1.59. The van der Waals surface area contributed by atoms with Gasteiger partial charge in [0.05, 0.1) is 88.8 Å². The minimum atomic E-state index is -4.64. The summed E-state index contributed by atoms with van der Waals surface area (Å²) in [4.78, 5) is 82.6. The van der Waals surface area contributed by atoms with Gasteiger partial charge in [-0.1, -0.05) is 32.1 Å². The molecule has 0 spiro atoms. The minimum Gasteiger partial charge on any atom is -0.748 e. The molecule has 0 radical (unpaired) electrons. The maximum absolute atomic E-state index is 13.1. The van der Waals surface area contributed by atoms with Crippen LogP contribution >= 0.6 is 0 Å². The molecular formula is C70H89BN8O24S4. The first kappa shape index (κ1) is 84.0. The SMILES string of the molecule is CC1(C)C(/C=C/C2=C(Oc3ccc(C[C@@H](NC(=O)CCOCCOCCC(=O)NCC(=O)NCc4cc(C(=O)NCC(=O)N5CCC[C@@H]5B(O)O)ccn4)C(=O)O)cc3)C(=C/C=C3/N(CCCCS(=O)(=O)[O-])c4ccc(S(=O)(=O)O)cc4C3(C)C)/CCC2)=[N+](CCCCS(=O)(=O)O)c2ccc(S(=O)(=O)O)cc21. The molecule has 10 N–H and O–H groups in total. The Bertz CT molecular complexity index is 4640. The molecule has 580 valence electrons. The zero-order chi connectivity index (χ0) is 78.2. The number of allylic oxidation sites excluding steroid dienone is 7. The highest BCUT2D eigenvalue weighted by Crippen LogP contribution is 2.49. The highest BCUT2D eigenvalue weighted by atomic mass is 32.2. The van der Waals surface area contributed by atoms with Gasteiger partial charge in [-0.2, -0.15) is 29.8 Å². The highest BCUT2D eigenvalue weighted by molar-refractivity contribution is 7.86. The van der Waals surface area contributed by atoms with Crippen molar-refractivity contribution in [3.63, 3.8) is 0 Å². The lowest BCUT2D eigenvalue weighted by molar-refractivity contribution is -0.438. The molecule has 1 fully saturated rings. The number of aromatic nitrogens is 1. The number of pyridine rings is 1. The molecule has 2 atom stereocenters. The molecule has 37 heteroatoms. The first-order valence-corrected chi connectivity index (χ1v) is 40.6. The summed E-state index contributed by atoms with van der Waals surface area (Å²) in [6, 6.07) is 16.4. The Kier molecular flexibility index (Phi) is 28.7. The van der Waals surface area contributed by atoms with Gasteiger partial charge in [0.15, 0.2) is 5.71 Å². The third kappa shape index (κ3) is 23.7. The number of hydrogen-bond acceptors (Lipinski definition) is 22. The molecule has 4 heterocycles. The number of nitrogens with one attached hydrogen (secondary N) is 4. The van der Waals surface area contributed by atoms with E-state index in [0.29, 0.717) is 106 Å². The number of carboxylic acid groups (broad SMARTS) is 1. The van der Waals surface area contributed by atoms with Gasteiger partial charge in [-0.15, -0.1) is 0 Å². The van der Waals surface area contributed by atoms with Crippen molar-refractivity contribution in [3.8, 4) is 5.75 Å². The summed E-state index contributed by atoms with van der Waals surface area (Å²) in [6.07, 6.45) is 11.5. The van der Waals surface area contributed by atoms with Crippen molar-refractivity contribution in [1.29, 1.82) is 0 Å². The predicted octanol–water partition coefficient (Wildman–Crippen LogP) is 3.72. The monoisotopic (exact) mass is 1560 g/mol. The van der Waals surface area contributed by atoms with Crippen LogP contribution in [-0.4, -0.2) is 212 Å². The number of likely N-dealkylation sites (tertiary alicyclic amines) is 1. The van der Waals surface area contributed by atoms with Gasteiger partial charge in [0.1, 0.15) is 24.1 Å². The summed E-state index contributed by atoms with van der Waals surface area (Å²) >= 11 is 0. The average molecular weight is 1570 g/mol. The molecule has 1 aromatic heterocycles. The molecule has 4 aliphatic rings. The maximum Gasteiger partial charge on any atom is 0.475 e. The topological polar surface area (TPSA) is 482 Å². The fraction of sp³-hybridized carbons (Fsp3) is 0.457. The standard InChI is InChI=1S/C70H89BN8O24S4/c1-69(2)54-41-52(106(95,96)97)20-22-57(54)77(30-5-7-37-104(89,90)91)59(69)24-16-47-11-9-12-48(17-25-60-70(3,4)55-42-53(107(98,99)100)21-23-58(55)78(60)31-6-8-38-105(92,93)94)66(47)103-51-18-14-46(15-19-51)39-56(68(85)86)76-63(81)28-34-102-36-35-101-33-27-62(80)74-44-64(82)73-43-50-40-49(26-29-72-50)67(84)75-45-65(83)79-32-10-13-61(79)71(87)88/h14-26,29,40-42,56,61,87-88H,5-13,27-28,30-39,43-45H2,1-4H3,(H8-,73,74,75,76,80,81,82,84,85,86,89,90,91,92,93,94,95,96,97,98,99,100)/t56-,61-/m1/s1. The molecule has 3 aliphatic heterocycles. The second kappa shape index (κ2) is 36.5. The van der Waals surface area contributed by atoms with E-state index < -0.39 is 117 Å². The van der Waals surface area contributed by atoms with E-state index in [1.54, 1.807) is 36.4 Å². The van der Waals surface area contributed by atoms with E-state index in [0.717, 1.165) is 0 Å². The first-order chi connectivity index (χ1) is 50.3. The van der Waals surface area contributed by atoms with Crippen LogP contribution in [0.5, 0.6) is 5.75 Å². The van der Waals surface area contributed by atoms with Gasteiger partial charge >= 0.3 is 13.1 Å². The van der Waals surface area contributed by atoms with Crippen LogP contribution in [0.25, 0.3) is 0 Å². The number of ether oxygens (including phenoxy) is 3. The molecule has 1 aliphatic carbocycles. The molecule has 1 saturated heterocycles. The smallest absolute Gasteiger partial charge is 0.475 e. The van der Waals surface area contributed by atoms with E-state index in [-0.39, 0.29) is 119 Å². The number of fused-ring (bicyclic) bond motifs is 2. The Labute approximate surface area is 621 Å². The van der Waals surface area contributed by atoms with E-state index in [4.69, 9.17) is 14.2 Å². The van der Waals surface area contributed by atoms with Crippen molar-refractivity contribution in [2.75, 3.05) is 75.6 Å². The van der Waals surface area contributed by atoms with Gasteiger partial charge in [-0.25, -0.2) is 13.2 Å². The van der Waals surface area contributed by atoms with Crippen LogP contribution in [-0.2, 0) is 97.7 Å². The number of nitrogens with zero attached hydrogens (tertiary/aromatic N) is 4. The van der Waals surface area contributed by atoms with Crippen molar-refractivity contribution >= 4 is 100 Å². The first-order valence-electron chi connectivity index (χ1n) is 34.6. The fourth-order valence-electron chi connectivity index (χ4n) is 13.1. The quantitative estimate of drug-likeness (QED) is 0.0132. The van der Waals surface area contributed by atoms with Crippen LogP contribution in [0.15, 0.2) is 136 Å². The fourth-order valence-corrected chi connectivity index (χ4v) is 15.2. The van der Waals surface area contributed by atoms with Crippen molar-refractivity contribution in [3.05, 3.63) is 154 Å². The Hall–Kier alpha value is -8.60. The molecule has 107 heavy (non-hydrogen) atoms.